The highest BCUT2D eigenvalue weighted by molar-refractivity contribution is 9.09. The minimum absolute atomic E-state index is 0.139. The number of hydrogen-bond donors (Lipinski definition) is 0. The number of hydrogen-bond acceptors (Lipinski definition) is 3. The lowest BCUT2D eigenvalue weighted by atomic mass is 10.1. The Bertz CT molecular complexity index is 311. The lowest BCUT2D eigenvalue weighted by Crippen LogP contribution is -2.30. The van der Waals surface area contributed by atoms with Crippen LogP contribution >= 0.6 is 15.9 Å². The van der Waals surface area contributed by atoms with Gasteiger partial charge in [0, 0.05) is 18.5 Å². The van der Waals surface area contributed by atoms with Crippen molar-refractivity contribution < 1.29 is 13.2 Å². The summed E-state index contributed by atoms with van der Waals surface area (Å²) in [6, 6.07) is 0. The Morgan fingerprint density at radius 1 is 0.895 bits per heavy atom. The second-order valence-corrected chi connectivity index (χ2v) is 8.54. The molecule has 0 aromatic carbocycles. The standard InChI is InChI=1S/C14H27BrO3S/c15-10-6-4-2-1-3-5-7-13-19(16,17)14-8-11-18-12-9-14/h14H,1-13H2. The van der Waals surface area contributed by atoms with Crippen LogP contribution in [0.2, 0.25) is 0 Å². The van der Waals surface area contributed by atoms with Crippen molar-refractivity contribution >= 4 is 25.8 Å². The number of unbranched alkanes of at least 4 members (excludes halogenated alkanes) is 6. The molecule has 114 valence electrons. The van der Waals surface area contributed by atoms with Crippen LogP contribution in [0.25, 0.3) is 0 Å². The molecule has 0 aromatic heterocycles. The predicted octanol–water partition coefficient (Wildman–Crippen LogP) is 3.71. The molecule has 0 aromatic rings. The van der Waals surface area contributed by atoms with Gasteiger partial charge in [0.25, 0.3) is 0 Å². The summed E-state index contributed by atoms with van der Waals surface area (Å²) in [5, 5.41) is 0.955. The topological polar surface area (TPSA) is 43.4 Å². The van der Waals surface area contributed by atoms with E-state index in [9.17, 15) is 8.42 Å². The van der Waals surface area contributed by atoms with Gasteiger partial charge in [0.15, 0.2) is 9.84 Å². The maximum absolute atomic E-state index is 12.1. The SMILES string of the molecule is O=S(=O)(CCCCCCCCCBr)C1CCOCC1. The van der Waals surface area contributed by atoms with Crippen molar-refractivity contribution in [3.05, 3.63) is 0 Å². The zero-order valence-electron chi connectivity index (χ0n) is 11.8. The average Bonchev–Trinajstić information content (AvgIpc) is 2.43. The van der Waals surface area contributed by atoms with E-state index < -0.39 is 9.84 Å². The van der Waals surface area contributed by atoms with Gasteiger partial charge in [-0.25, -0.2) is 8.42 Å². The first-order valence-electron chi connectivity index (χ1n) is 7.52. The molecule has 5 heteroatoms. The van der Waals surface area contributed by atoms with Crippen molar-refractivity contribution in [3.63, 3.8) is 0 Å². The summed E-state index contributed by atoms with van der Waals surface area (Å²) >= 11 is 3.43. The van der Waals surface area contributed by atoms with Gasteiger partial charge in [-0.15, -0.1) is 0 Å². The third kappa shape index (κ3) is 7.66. The van der Waals surface area contributed by atoms with Crippen LogP contribution in [0.1, 0.15) is 57.8 Å². The minimum atomic E-state index is -2.87. The Morgan fingerprint density at radius 2 is 1.42 bits per heavy atom. The fourth-order valence-corrected chi connectivity index (χ4v) is 4.73. The maximum Gasteiger partial charge on any atom is 0.153 e. The zero-order chi connectivity index (χ0) is 14.0. The first-order valence-corrected chi connectivity index (χ1v) is 10.4. The lowest BCUT2D eigenvalue weighted by molar-refractivity contribution is 0.0983. The molecular formula is C14H27BrO3S. The average molecular weight is 355 g/mol. The van der Waals surface area contributed by atoms with E-state index in [0.717, 1.165) is 18.2 Å². The molecular weight excluding hydrogens is 328 g/mol. The lowest BCUT2D eigenvalue weighted by Gasteiger charge is -2.22. The summed E-state index contributed by atoms with van der Waals surface area (Å²) in [5.41, 5.74) is 0. The summed E-state index contributed by atoms with van der Waals surface area (Å²) in [7, 11) is -2.87. The highest BCUT2D eigenvalue weighted by atomic mass is 79.9. The molecule has 0 radical (unpaired) electrons. The number of halogens is 1. The fourth-order valence-electron chi connectivity index (χ4n) is 2.48. The van der Waals surface area contributed by atoms with E-state index in [4.69, 9.17) is 4.74 Å². The fraction of sp³-hybridized carbons (Fsp3) is 1.00. The van der Waals surface area contributed by atoms with E-state index in [1.807, 2.05) is 0 Å². The Morgan fingerprint density at radius 3 is 2.00 bits per heavy atom. The molecule has 1 saturated heterocycles. The van der Waals surface area contributed by atoms with Crippen LogP contribution in [0.3, 0.4) is 0 Å². The van der Waals surface area contributed by atoms with Crippen LogP contribution in [0.5, 0.6) is 0 Å². The number of ether oxygens (including phenoxy) is 1. The van der Waals surface area contributed by atoms with Crippen LogP contribution < -0.4 is 0 Å². The van der Waals surface area contributed by atoms with Gasteiger partial charge in [-0.1, -0.05) is 48.0 Å². The van der Waals surface area contributed by atoms with Crippen LogP contribution in [0, 0.1) is 0 Å². The van der Waals surface area contributed by atoms with Crippen molar-refractivity contribution in [3.8, 4) is 0 Å². The molecule has 1 aliphatic heterocycles. The van der Waals surface area contributed by atoms with E-state index in [1.54, 1.807) is 0 Å². The van der Waals surface area contributed by atoms with E-state index >= 15 is 0 Å². The molecule has 1 heterocycles. The second kappa shape index (κ2) is 10.2. The Hall–Kier alpha value is 0.390. The summed E-state index contributed by atoms with van der Waals surface area (Å²) < 4.78 is 29.4. The molecule has 0 atom stereocenters. The number of alkyl halides is 1. The largest absolute Gasteiger partial charge is 0.381 e. The Balaban J connectivity index is 2.04. The Kier molecular flexibility index (Phi) is 9.33. The van der Waals surface area contributed by atoms with Gasteiger partial charge in [0.05, 0.1) is 11.0 Å². The van der Waals surface area contributed by atoms with Gasteiger partial charge in [0.2, 0.25) is 0 Å². The van der Waals surface area contributed by atoms with Crippen molar-refractivity contribution in [1.29, 1.82) is 0 Å². The molecule has 0 N–H and O–H groups in total. The highest BCUT2D eigenvalue weighted by Crippen LogP contribution is 2.18. The molecule has 19 heavy (non-hydrogen) atoms. The third-order valence-corrected chi connectivity index (χ3v) is 6.64. The van der Waals surface area contributed by atoms with Crippen LogP contribution in [-0.2, 0) is 14.6 Å². The van der Waals surface area contributed by atoms with Crippen molar-refractivity contribution in [2.75, 3.05) is 24.3 Å². The molecule has 0 saturated carbocycles. The van der Waals surface area contributed by atoms with Gasteiger partial charge in [-0.3, -0.25) is 0 Å². The van der Waals surface area contributed by atoms with E-state index in [1.165, 1.54) is 32.1 Å². The second-order valence-electron chi connectivity index (χ2n) is 5.34. The molecule has 0 amide bonds. The minimum Gasteiger partial charge on any atom is -0.381 e. The molecule has 1 fully saturated rings. The molecule has 0 bridgehead atoms. The molecule has 0 unspecified atom stereocenters. The van der Waals surface area contributed by atoms with Gasteiger partial charge in [0.1, 0.15) is 0 Å². The zero-order valence-corrected chi connectivity index (χ0v) is 14.2. The van der Waals surface area contributed by atoms with Crippen LogP contribution in [0.15, 0.2) is 0 Å². The molecule has 0 spiro atoms. The Labute approximate surface area is 126 Å². The quantitative estimate of drug-likeness (QED) is 0.443. The monoisotopic (exact) mass is 354 g/mol. The summed E-state index contributed by atoms with van der Waals surface area (Å²) in [6.45, 7) is 1.22. The van der Waals surface area contributed by atoms with Crippen molar-refractivity contribution in [1.82, 2.24) is 0 Å². The van der Waals surface area contributed by atoms with Crippen molar-refractivity contribution in [2.24, 2.45) is 0 Å². The van der Waals surface area contributed by atoms with E-state index in [-0.39, 0.29) is 5.25 Å². The number of sulfone groups is 1. The van der Waals surface area contributed by atoms with Gasteiger partial charge >= 0.3 is 0 Å². The molecule has 0 aliphatic carbocycles. The molecule has 3 nitrogen and oxygen atoms in total. The first-order chi connectivity index (χ1) is 9.17. The summed E-state index contributed by atoms with van der Waals surface area (Å²) in [4.78, 5) is 0. The predicted molar refractivity (Wildman–Crippen MR) is 83.7 cm³/mol. The van der Waals surface area contributed by atoms with E-state index in [0.29, 0.717) is 31.8 Å². The molecule has 1 rings (SSSR count). The van der Waals surface area contributed by atoms with Gasteiger partial charge < -0.3 is 4.74 Å². The summed E-state index contributed by atoms with van der Waals surface area (Å²) in [5.74, 6) is 0.374. The first kappa shape index (κ1) is 17.4. The molecule has 1 aliphatic rings. The van der Waals surface area contributed by atoms with Gasteiger partial charge in [-0.05, 0) is 25.7 Å². The normalized spacial score (nSPS) is 17.7. The highest BCUT2D eigenvalue weighted by Gasteiger charge is 2.26. The summed E-state index contributed by atoms with van der Waals surface area (Å²) in [6.07, 6.45) is 9.48. The smallest absolute Gasteiger partial charge is 0.153 e. The third-order valence-electron chi connectivity index (χ3n) is 3.74. The van der Waals surface area contributed by atoms with E-state index in [2.05, 4.69) is 15.9 Å². The number of rotatable bonds is 10. The van der Waals surface area contributed by atoms with Crippen molar-refractivity contribution in [2.45, 2.75) is 63.0 Å². The van der Waals surface area contributed by atoms with Crippen LogP contribution in [-0.4, -0.2) is 38.0 Å². The van der Waals surface area contributed by atoms with Gasteiger partial charge in [-0.2, -0.15) is 0 Å². The van der Waals surface area contributed by atoms with Crippen LogP contribution in [0.4, 0.5) is 0 Å². The maximum atomic E-state index is 12.1.